The lowest BCUT2D eigenvalue weighted by molar-refractivity contribution is 0.803. The molecule has 0 radical (unpaired) electrons. The van der Waals surface area contributed by atoms with E-state index in [1.54, 1.807) is 0 Å². The third-order valence-electron chi connectivity index (χ3n) is 3.12. The molecule has 2 aromatic heterocycles. The van der Waals surface area contributed by atoms with Gasteiger partial charge in [-0.05, 0) is 36.8 Å². The number of hydrogen-bond donors (Lipinski definition) is 1. The lowest BCUT2D eigenvalue weighted by Gasteiger charge is -2.19. The highest BCUT2D eigenvalue weighted by Gasteiger charge is 2.06. The van der Waals surface area contributed by atoms with Gasteiger partial charge in [0.25, 0.3) is 0 Å². The Morgan fingerprint density at radius 1 is 1.21 bits per heavy atom. The topological polar surface area (TPSA) is 55.0 Å². The lowest BCUT2D eigenvalue weighted by atomic mass is 10.1. The summed E-state index contributed by atoms with van der Waals surface area (Å²) in [6.07, 6.45) is 4.54. The molecule has 0 aliphatic carbocycles. The average Bonchev–Trinajstić information content (AvgIpc) is 2.46. The zero-order valence-electron chi connectivity index (χ0n) is 11.5. The van der Waals surface area contributed by atoms with Gasteiger partial charge in [0, 0.05) is 44.1 Å². The van der Waals surface area contributed by atoms with Gasteiger partial charge in [-0.15, -0.1) is 0 Å². The van der Waals surface area contributed by atoms with Gasteiger partial charge in [0.1, 0.15) is 5.82 Å². The van der Waals surface area contributed by atoms with E-state index in [2.05, 4.69) is 14.9 Å². The molecular weight excluding hydrogens is 236 g/mol. The normalized spacial score (nSPS) is 12.2. The Morgan fingerprint density at radius 3 is 2.74 bits per heavy atom. The molecule has 0 saturated carbocycles. The number of nitrogens with zero attached hydrogens (tertiary/aromatic N) is 3. The standard InChI is InChI=1S/C15H20N4/c1-12(16)13-6-9-18-15(11-13)19(2)10-7-14-5-3-4-8-17-14/h3-6,8-9,11-12H,7,10,16H2,1-2H3/t12-/m0/s1. The molecule has 1 atom stereocenters. The smallest absolute Gasteiger partial charge is 0.128 e. The number of hydrogen-bond acceptors (Lipinski definition) is 4. The van der Waals surface area contributed by atoms with E-state index in [0.717, 1.165) is 30.0 Å². The molecule has 2 N–H and O–H groups in total. The molecule has 0 bridgehead atoms. The molecule has 0 spiro atoms. The van der Waals surface area contributed by atoms with E-state index in [-0.39, 0.29) is 6.04 Å². The van der Waals surface area contributed by atoms with Gasteiger partial charge < -0.3 is 10.6 Å². The Labute approximate surface area is 114 Å². The fraction of sp³-hybridized carbons (Fsp3) is 0.333. The first-order valence-electron chi connectivity index (χ1n) is 6.49. The van der Waals surface area contributed by atoms with Crippen LogP contribution in [-0.2, 0) is 6.42 Å². The highest BCUT2D eigenvalue weighted by molar-refractivity contribution is 5.41. The van der Waals surface area contributed by atoms with Crippen molar-refractivity contribution in [3.8, 4) is 0 Å². The molecule has 100 valence electrons. The van der Waals surface area contributed by atoms with Crippen LogP contribution in [0.15, 0.2) is 42.7 Å². The first-order valence-corrected chi connectivity index (χ1v) is 6.49. The quantitative estimate of drug-likeness (QED) is 0.891. The Hall–Kier alpha value is -1.94. The van der Waals surface area contributed by atoms with Crippen LogP contribution in [0.3, 0.4) is 0 Å². The first-order chi connectivity index (χ1) is 9.16. The fourth-order valence-electron chi connectivity index (χ4n) is 1.87. The summed E-state index contributed by atoms with van der Waals surface area (Å²) < 4.78 is 0. The Balaban J connectivity index is 2.00. The molecule has 2 aromatic rings. The van der Waals surface area contributed by atoms with E-state index in [0.29, 0.717) is 0 Å². The maximum absolute atomic E-state index is 5.89. The molecule has 4 heteroatoms. The van der Waals surface area contributed by atoms with Crippen molar-refractivity contribution in [2.75, 3.05) is 18.5 Å². The minimum atomic E-state index is 0.0333. The van der Waals surface area contributed by atoms with Crippen LogP contribution in [0.2, 0.25) is 0 Å². The number of likely N-dealkylation sites (N-methyl/N-ethyl adjacent to an activating group) is 1. The summed E-state index contributed by atoms with van der Waals surface area (Å²) >= 11 is 0. The largest absolute Gasteiger partial charge is 0.359 e. The number of nitrogens with two attached hydrogens (primary N) is 1. The molecule has 0 amide bonds. The van der Waals surface area contributed by atoms with E-state index in [9.17, 15) is 0 Å². The molecule has 2 heterocycles. The van der Waals surface area contributed by atoms with Crippen molar-refractivity contribution in [2.45, 2.75) is 19.4 Å². The Morgan fingerprint density at radius 2 is 2.05 bits per heavy atom. The average molecular weight is 256 g/mol. The Kier molecular flexibility index (Phi) is 4.47. The summed E-state index contributed by atoms with van der Waals surface area (Å²) in [7, 11) is 2.04. The predicted molar refractivity (Wildman–Crippen MR) is 78.1 cm³/mol. The van der Waals surface area contributed by atoms with Crippen molar-refractivity contribution in [2.24, 2.45) is 5.73 Å². The zero-order valence-corrected chi connectivity index (χ0v) is 11.5. The summed E-state index contributed by atoms with van der Waals surface area (Å²) in [6, 6.07) is 10.0. The highest BCUT2D eigenvalue weighted by Crippen LogP contribution is 2.15. The predicted octanol–water partition coefficient (Wildman–Crippen LogP) is 2.18. The number of rotatable bonds is 5. The van der Waals surface area contributed by atoms with Gasteiger partial charge in [0.05, 0.1) is 0 Å². The van der Waals surface area contributed by atoms with Crippen LogP contribution in [0.4, 0.5) is 5.82 Å². The number of pyridine rings is 2. The minimum absolute atomic E-state index is 0.0333. The SMILES string of the molecule is C[C@H](N)c1ccnc(N(C)CCc2ccccn2)c1. The summed E-state index contributed by atoms with van der Waals surface area (Å²) in [6.45, 7) is 2.86. The third-order valence-corrected chi connectivity index (χ3v) is 3.12. The van der Waals surface area contributed by atoms with E-state index in [1.165, 1.54) is 0 Å². The molecular formula is C15H20N4. The lowest BCUT2D eigenvalue weighted by Crippen LogP contribution is -2.22. The molecule has 2 rings (SSSR count). The fourth-order valence-corrected chi connectivity index (χ4v) is 1.87. The molecule has 0 aliphatic heterocycles. The van der Waals surface area contributed by atoms with Gasteiger partial charge in [-0.1, -0.05) is 6.07 Å². The maximum Gasteiger partial charge on any atom is 0.128 e. The third kappa shape index (κ3) is 3.76. The van der Waals surface area contributed by atoms with Crippen molar-refractivity contribution < 1.29 is 0 Å². The highest BCUT2D eigenvalue weighted by atomic mass is 15.2. The van der Waals surface area contributed by atoms with Crippen LogP contribution in [0, 0.1) is 0 Å². The first kappa shape index (κ1) is 13.5. The number of anilines is 1. The molecule has 0 aromatic carbocycles. The van der Waals surface area contributed by atoms with Gasteiger partial charge >= 0.3 is 0 Å². The molecule has 0 unspecified atom stereocenters. The number of aromatic nitrogens is 2. The van der Waals surface area contributed by atoms with Crippen LogP contribution >= 0.6 is 0 Å². The van der Waals surface area contributed by atoms with Crippen LogP contribution in [-0.4, -0.2) is 23.6 Å². The summed E-state index contributed by atoms with van der Waals surface area (Å²) in [5.41, 5.74) is 8.09. The minimum Gasteiger partial charge on any atom is -0.359 e. The van der Waals surface area contributed by atoms with Crippen molar-refractivity contribution in [1.82, 2.24) is 9.97 Å². The van der Waals surface area contributed by atoms with Crippen LogP contribution < -0.4 is 10.6 Å². The van der Waals surface area contributed by atoms with Crippen LogP contribution in [0.25, 0.3) is 0 Å². The van der Waals surface area contributed by atoms with E-state index >= 15 is 0 Å². The molecule has 19 heavy (non-hydrogen) atoms. The Bertz CT molecular complexity index is 511. The van der Waals surface area contributed by atoms with Gasteiger partial charge in [0.2, 0.25) is 0 Å². The van der Waals surface area contributed by atoms with Gasteiger partial charge in [-0.25, -0.2) is 4.98 Å². The second-order valence-corrected chi connectivity index (χ2v) is 4.73. The van der Waals surface area contributed by atoms with Crippen molar-refractivity contribution >= 4 is 5.82 Å². The van der Waals surface area contributed by atoms with E-state index < -0.39 is 0 Å². The summed E-state index contributed by atoms with van der Waals surface area (Å²) in [5.74, 6) is 0.950. The second-order valence-electron chi connectivity index (χ2n) is 4.73. The summed E-state index contributed by atoms with van der Waals surface area (Å²) in [4.78, 5) is 10.8. The van der Waals surface area contributed by atoms with Crippen molar-refractivity contribution in [3.63, 3.8) is 0 Å². The van der Waals surface area contributed by atoms with E-state index in [4.69, 9.17) is 5.73 Å². The maximum atomic E-state index is 5.89. The van der Waals surface area contributed by atoms with Gasteiger partial charge in [-0.3, -0.25) is 4.98 Å². The van der Waals surface area contributed by atoms with Crippen LogP contribution in [0.5, 0.6) is 0 Å². The second kappa shape index (κ2) is 6.29. The van der Waals surface area contributed by atoms with Gasteiger partial charge in [0.15, 0.2) is 0 Å². The summed E-state index contributed by atoms with van der Waals surface area (Å²) in [5, 5.41) is 0. The van der Waals surface area contributed by atoms with Crippen molar-refractivity contribution in [1.29, 1.82) is 0 Å². The van der Waals surface area contributed by atoms with E-state index in [1.807, 2.05) is 56.7 Å². The van der Waals surface area contributed by atoms with Crippen LogP contribution in [0.1, 0.15) is 24.2 Å². The molecule has 0 aliphatic rings. The molecule has 4 nitrogen and oxygen atoms in total. The molecule has 0 fully saturated rings. The zero-order chi connectivity index (χ0) is 13.7. The monoisotopic (exact) mass is 256 g/mol. The van der Waals surface area contributed by atoms with Gasteiger partial charge in [-0.2, -0.15) is 0 Å². The van der Waals surface area contributed by atoms with Crippen molar-refractivity contribution in [3.05, 3.63) is 54.0 Å². The molecule has 0 saturated heterocycles.